The number of aryl methyl sites for hydroxylation is 1. The van der Waals surface area contributed by atoms with Crippen LogP contribution in [0.1, 0.15) is 50.8 Å². The first-order chi connectivity index (χ1) is 12.4. The molecular weight excluding hydrogens is 330 g/mol. The molecule has 0 aliphatic carbocycles. The van der Waals surface area contributed by atoms with E-state index < -0.39 is 0 Å². The second kappa shape index (κ2) is 9.37. The van der Waals surface area contributed by atoms with E-state index in [1.165, 1.54) is 5.56 Å². The van der Waals surface area contributed by atoms with Crippen molar-refractivity contribution in [1.82, 2.24) is 20.0 Å². The topological polar surface area (TPSA) is 63.9 Å². The van der Waals surface area contributed by atoms with Gasteiger partial charge in [0.15, 0.2) is 5.96 Å². The molecule has 1 aliphatic rings. The molecule has 0 atom stereocenters. The molecule has 2 heterocycles. The van der Waals surface area contributed by atoms with Crippen molar-refractivity contribution in [1.29, 1.82) is 0 Å². The molecule has 2 rings (SSSR count). The maximum Gasteiger partial charge on any atom is 0.194 e. The minimum atomic E-state index is -0.211. The second-order valence-electron chi connectivity index (χ2n) is 7.39. The van der Waals surface area contributed by atoms with E-state index in [0.717, 1.165) is 50.8 Å². The fraction of sp³-hybridized carbons (Fsp3) is 0.789. The number of aliphatic imine (C=N–C) groups is 1. The van der Waals surface area contributed by atoms with E-state index in [9.17, 15) is 0 Å². The van der Waals surface area contributed by atoms with Crippen molar-refractivity contribution >= 4 is 5.96 Å². The van der Waals surface area contributed by atoms with E-state index in [4.69, 9.17) is 14.5 Å². The molecule has 1 fully saturated rings. The minimum absolute atomic E-state index is 0.211. The Hall–Kier alpha value is -1.60. The number of aromatic nitrogens is 2. The quantitative estimate of drug-likeness (QED) is 0.592. The summed E-state index contributed by atoms with van der Waals surface area (Å²) in [7, 11) is 5.83. The van der Waals surface area contributed by atoms with E-state index in [0.29, 0.717) is 12.5 Å². The zero-order valence-electron chi connectivity index (χ0n) is 17.2. The molecule has 1 aliphatic heterocycles. The summed E-state index contributed by atoms with van der Waals surface area (Å²) in [5, 5.41) is 8.01. The van der Waals surface area contributed by atoms with Crippen molar-refractivity contribution in [3.8, 4) is 0 Å². The van der Waals surface area contributed by atoms with Gasteiger partial charge in [0.1, 0.15) is 0 Å². The van der Waals surface area contributed by atoms with E-state index in [2.05, 4.69) is 49.3 Å². The van der Waals surface area contributed by atoms with Gasteiger partial charge < -0.3 is 19.7 Å². The van der Waals surface area contributed by atoms with Gasteiger partial charge in [-0.1, -0.05) is 13.8 Å². The number of methoxy groups -OCH3 is 1. The number of rotatable bonds is 7. The summed E-state index contributed by atoms with van der Waals surface area (Å²) >= 11 is 0. The summed E-state index contributed by atoms with van der Waals surface area (Å²) in [4.78, 5) is 7.04. The van der Waals surface area contributed by atoms with Gasteiger partial charge in [-0.15, -0.1) is 0 Å². The summed E-state index contributed by atoms with van der Waals surface area (Å²) in [6.07, 6.45) is 3.87. The van der Waals surface area contributed by atoms with Gasteiger partial charge in [0.25, 0.3) is 0 Å². The van der Waals surface area contributed by atoms with Crippen LogP contribution >= 0.6 is 0 Å². The van der Waals surface area contributed by atoms with Gasteiger partial charge in [-0.05, 0) is 12.8 Å². The molecule has 1 aromatic heterocycles. The van der Waals surface area contributed by atoms with Gasteiger partial charge in [-0.2, -0.15) is 5.10 Å². The molecule has 0 spiro atoms. The van der Waals surface area contributed by atoms with E-state index in [-0.39, 0.29) is 5.60 Å². The number of nitrogens with zero attached hydrogens (tertiary/aromatic N) is 4. The second-order valence-corrected chi connectivity index (χ2v) is 7.39. The first-order valence-corrected chi connectivity index (χ1v) is 9.55. The third-order valence-electron chi connectivity index (χ3n) is 4.94. The number of ether oxygens (including phenoxy) is 2. The van der Waals surface area contributed by atoms with Crippen LogP contribution in [0.5, 0.6) is 0 Å². The standard InChI is InChI=1S/C19H35N5O2/c1-7-20-18(21-14-19(25-6)8-10-26-11-9-19)23(4)12-16-13-24(5)22-17(16)15(2)3/h13,15H,7-12,14H2,1-6H3,(H,20,21). The maximum absolute atomic E-state index is 5.81. The van der Waals surface area contributed by atoms with Crippen molar-refractivity contribution in [2.75, 3.05) is 40.5 Å². The van der Waals surface area contributed by atoms with Crippen LogP contribution in [0, 0.1) is 0 Å². The highest BCUT2D eigenvalue weighted by Gasteiger charge is 2.32. The number of guanidine groups is 1. The third-order valence-corrected chi connectivity index (χ3v) is 4.94. The number of nitrogens with one attached hydrogen (secondary N) is 1. The lowest BCUT2D eigenvalue weighted by atomic mass is 9.94. The lowest BCUT2D eigenvalue weighted by Crippen LogP contribution is -2.44. The van der Waals surface area contributed by atoms with Gasteiger partial charge in [0.05, 0.1) is 17.8 Å². The monoisotopic (exact) mass is 365 g/mol. The van der Waals surface area contributed by atoms with Crippen LogP contribution < -0.4 is 5.32 Å². The van der Waals surface area contributed by atoms with Crippen molar-refractivity contribution in [2.45, 2.75) is 51.7 Å². The molecule has 1 N–H and O–H groups in total. The Morgan fingerprint density at radius 1 is 1.46 bits per heavy atom. The molecule has 0 unspecified atom stereocenters. The Balaban J connectivity index is 2.12. The van der Waals surface area contributed by atoms with Gasteiger partial charge in [-0.3, -0.25) is 9.67 Å². The maximum atomic E-state index is 5.81. The fourth-order valence-corrected chi connectivity index (χ4v) is 3.35. The highest BCUT2D eigenvalue weighted by Crippen LogP contribution is 2.25. The molecule has 0 radical (unpaired) electrons. The Labute approximate surface area is 157 Å². The zero-order chi connectivity index (χ0) is 19.2. The Morgan fingerprint density at radius 3 is 2.73 bits per heavy atom. The van der Waals surface area contributed by atoms with Gasteiger partial charge in [-0.25, -0.2) is 0 Å². The van der Waals surface area contributed by atoms with Gasteiger partial charge in [0.2, 0.25) is 0 Å². The summed E-state index contributed by atoms with van der Waals surface area (Å²) in [5.74, 6) is 1.30. The van der Waals surface area contributed by atoms with E-state index >= 15 is 0 Å². The van der Waals surface area contributed by atoms with Crippen molar-refractivity contribution in [3.63, 3.8) is 0 Å². The molecule has 1 saturated heterocycles. The Morgan fingerprint density at radius 2 is 2.15 bits per heavy atom. The van der Waals surface area contributed by atoms with Gasteiger partial charge in [0, 0.05) is 72.1 Å². The first kappa shape index (κ1) is 20.7. The highest BCUT2D eigenvalue weighted by molar-refractivity contribution is 5.79. The van der Waals surface area contributed by atoms with Crippen molar-refractivity contribution < 1.29 is 9.47 Å². The molecule has 7 heteroatoms. The molecular formula is C19H35N5O2. The number of hydrogen-bond acceptors (Lipinski definition) is 4. The summed E-state index contributed by atoms with van der Waals surface area (Å²) < 4.78 is 13.2. The lowest BCUT2D eigenvalue weighted by Gasteiger charge is -2.35. The normalized spacial score (nSPS) is 17.6. The van der Waals surface area contributed by atoms with E-state index in [1.54, 1.807) is 7.11 Å². The predicted molar refractivity (Wildman–Crippen MR) is 105 cm³/mol. The Bertz CT molecular complexity index is 591. The minimum Gasteiger partial charge on any atom is -0.381 e. The van der Waals surface area contributed by atoms with Crippen molar-refractivity contribution in [3.05, 3.63) is 17.5 Å². The van der Waals surface area contributed by atoms with Crippen molar-refractivity contribution in [2.24, 2.45) is 12.0 Å². The molecule has 148 valence electrons. The van der Waals surface area contributed by atoms with Crippen LogP contribution in [0.2, 0.25) is 0 Å². The van der Waals surface area contributed by atoms with E-state index in [1.807, 2.05) is 11.7 Å². The molecule has 26 heavy (non-hydrogen) atoms. The average molecular weight is 366 g/mol. The summed E-state index contributed by atoms with van der Waals surface area (Å²) in [6.45, 7) is 10.2. The first-order valence-electron chi connectivity index (χ1n) is 9.55. The smallest absolute Gasteiger partial charge is 0.194 e. The molecule has 0 saturated carbocycles. The SMILES string of the molecule is CCNC(=NCC1(OC)CCOCC1)N(C)Cc1cn(C)nc1C(C)C. The lowest BCUT2D eigenvalue weighted by molar-refractivity contribution is -0.0829. The molecule has 0 amide bonds. The van der Waals surface area contributed by atoms with Crippen LogP contribution in [0.4, 0.5) is 0 Å². The van der Waals surface area contributed by atoms with Crippen LogP contribution in [0.3, 0.4) is 0 Å². The molecule has 0 aromatic carbocycles. The van der Waals surface area contributed by atoms with Gasteiger partial charge >= 0.3 is 0 Å². The highest BCUT2D eigenvalue weighted by atomic mass is 16.5. The Kier molecular flexibility index (Phi) is 7.46. The zero-order valence-corrected chi connectivity index (χ0v) is 17.2. The molecule has 1 aromatic rings. The van der Waals surface area contributed by atoms with Crippen LogP contribution in [0.25, 0.3) is 0 Å². The van der Waals surface area contributed by atoms with Crippen LogP contribution in [0.15, 0.2) is 11.2 Å². The molecule has 7 nitrogen and oxygen atoms in total. The largest absolute Gasteiger partial charge is 0.381 e. The third kappa shape index (κ3) is 5.20. The van der Waals surface area contributed by atoms with Crippen LogP contribution in [-0.4, -0.2) is 66.7 Å². The summed E-state index contributed by atoms with van der Waals surface area (Å²) in [5.41, 5.74) is 2.17. The average Bonchev–Trinajstić information content (AvgIpc) is 2.99. The fourth-order valence-electron chi connectivity index (χ4n) is 3.35. The predicted octanol–water partition coefficient (Wildman–Crippen LogP) is 2.14. The van der Waals surface area contributed by atoms with Crippen LogP contribution in [-0.2, 0) is 23.1 Å². The molecule has 0 bridgehead atoms. The number of hydrogen-bond donors (Lipinski definition) is 1. The summed E-state index contributed by atoms with van der Waals surface area (Å²) in [6, 6.07) is 0.